The molecule has 11 nitrogen and oxygen atoms in total. The first-order valence-corrected chi connectivity index (χ1v) is 13.1. The molecule has 3 N–H and O–H groups in total. The third kappa shape index (κ3) is 15.6. The molecule has 1 spiro atoms. The Hall–Kier alpha value is -3.23. The van der Waals surface area contributed by atoms with E-state index in [2.05, 4.69) is 20.9 Å². The van der Waals surface area contributed by atoms with Gasteiger partial charge in [-0.25, -0.2) is 14.4 Å². The number of likely N-dealkylation sites (tertiary alicyclic amines) is 1. The van der Waals surface area contributed by atoms with E-state index in [1.54, 1.807) is 0 Å². The number of nitrogens with zero attached hydrogens (tertiary/aromatic N) is 3. The highest BCUT2D eigenvalue weighted by atomic mass is 19.4. The van der Waals surface area contributed by atoms with Gasteiger partial charge in [0.15, 0.2) is 0 Å². The van der Waals surface area contributed by atoms with E-state index in [1.165, 1.54) is 37.9 Å². The highest BCUT2D eigenvalue weighted by molar-refractivity contribution is 5.73. The van der Waals surface area contributed by atoms with Crippen LogP contribution in [0.4, 0.5) is 39.5 Å². The van der Waals surface area contributed by atoms with E-state index in [9.17, 15) is 39.5 Å². The fourth-order valence-corrected chi connectivity index (χ4v) is 4.55. The number of halogens is 9. The number of rotatable bonds is 3. The van der Waals surface area contributed by atoms with E-state index in [-0.39, 0.29) is 0 Å². The lowest BCUT2D eigenvalue weighted by Crippen LogP contribution is -2.47. The van der Waals surface area contributed by atoms with Crippen molar-refractivity contribution in [1.82, 2.24) is 14.8 Å². The van der Waals surface area contributed by atoms with Crippen LogP contribution in [0.1, 0.15) is 24.8 Å². The van der Waals surface area contributed by atoms with Gasteiger partial charge >= 0.3 is 36.4 Å². The highest BCUT2D eigenvalue weighted by Crippen LogP contribution is 2.35. The van der Waals surface area contributed by atoms with E-state index in [0.29, 0.717) is 11.5 Å². The number of alkyl halides is 9. The van der Waals surface area contributed by atoms with Gasteiger partial charge in [0.25, 0.3) is 0 Å². The topological polar surface area (TPSA) is 150 Å². The second-order valence-electron chi connectivity index (χ2n) is 10.1. The predicted octanol–water partition coefficient (Wildman–Crippen LogP) is 3.68. The van der Waals surface area contributed by atoms with Crippen molar-refractivity contribution in [3.8, 4) is 0 Å². The molecule has 3 fully saturated rings. The summed E-state index contributed by atoms with van der Waals surface area (Å²) < 4.78 is 107. The Balaban J connectivity index is 0.000000396. The minimum atomic E-state index is -5.08. The Bertz CT molecular complexity index is 1010. The Morgan fingerprint density at radius 2 is 1.33 bits per heavy atom. The van der Waals surface area contributed by atoms with E-state index in [4.69, 9.17) is 39.2 Å². The molecule has 258 valence electrons. The normalized spacial score (nSPS) is 21.6. The number of aromatic nitrogens is 1. The number of hydrogen-bond acceptors (Lipinski definition) is 8. The van der Waals surface area contributed by atoms with Gasteiger partial charge in [0.1, 0.15) is 0 Å². The maximum absolute atomic E-state index is 10.6. The van der Waals surface area contributed by atoms with Crippen molar-refractivity contribution in [3.63, 3.8) is 0 Å². The molecule has 0 bridgehead atoms. The molecular formula is C25H32F9N3O8. The Morgan fingerprint density at radius 3 is 1.78 bits per heavy atom. The monoisotopic (exact) mass is 673 g/mol. The summed E-state index contributed by atoms with van der Waals surface area (Å²) in [4.78, 5) is 36.2. The average Bonchev–Trinajstić information content (AvgIpc) is 3.20. The quantitative estimate of drug-likeness (QED) is 0.404. The second kappa shape index (κ2) is 17.5. The minimum Gasteiger partial charge on any atom is -0.475 e. The first-order valence-electron chi connectivity index (χ1n) is 13.1. The molecule has 4 rings (SSSR count). The van der Waals surface area contributed by atoms with Gasteiger partial charge in [-0.1, -0.05) is 6.07 Å². The fourth-order valence-electron chi connectivity index (χ4n) is 4.55. The molecule has 0 aromatic carbocycles. The molecule has 0 amide bonds. The van der Waals surface area contributed by atoms with Crippen LogP contribution in [-0.4, -0.2) is 125 Å². The average molecular weight is 674 g/mol. The molecule has 0 radical (unpaired) electrons. The van der Waals surface area contributed by atoms with Gasteiger partial charge in [0.2, 0.25) is 0 Å². The van der Waals surface area contributed by atoms with Gasteiger partial charge in [-0.2, -0.15) is 39.5 Å². The number of pyridine rings is 1. The van der Waals surface area contributed by atoms with Crippen molar-refractivity contribution in [1.29, 1.82) is 0 Å². The summed E-state index contributed by atoms with van der Waals surface area (Å²) in [6, 6.07) is 4.89. The molecule has 45 heavy (non-hydrogen) atoms. The molecule has 3 saturated heterocycles. The number of carboxylic acids is 3. The third-order valence-corrected chi connectivity index (χ3v) is 6.55. The van der Waals surface area contributed by atoms with Crippen molar-refractivity contribution in [2.24, 2.45) is 5.41 Å². The molecule has 4 heterocycles. The van der Waals surface area contributed by atoms with Crippen LogP contribution in [0.15, 0.2) is 24.5 Å². The van der Waals surface area contributed by atoms with Crippen LogP contribution in [0.2, 0.25) is 0 Å². The summed E-state index contributed by atoms with van der Waals surface area (Å²) in [5, 5.41) is 21.4. The number of carboxylic acid groups (broad SMARTS) is 3. The molecule has 1 aromatic heterocycles. The van der Waals surface area contributed by atoms with Gasteiger partial charge < -0.3 is 24.8 Å². The van der Waals surface area contributed by atoms with Gasteiger partial charge in [-0.15, -0.1) is 0 Å². The zero-order valence-electron chi connectivity index (χ0n) is 23.5. The van der Waals surface area contributed by atoms with Crippen molar-refractivity contribution >= 4 is 17.9 Å². The van der Waals surface area contributed by atoms with Crippen LogP contribution >= 0.6 is 0 Å². The van der Waals surface area contributed by atoms with E-state index in [1.807, 2.05) is 18.5 Å². The molecule has 3 aliphatic heterocycles. The maximum atomic E-state index is 10.6. The predicted molar refractivity (Wildman–Crippen MR) is 134 cm³/mol. The number of hydrogen-bond donors (Lipinski definition) is 3. The van der Waals surface area contributed by atoms with E-state index in [0.717, 1.165) is 46.1 Å². The Kier molecular flexibility index (Phi) is 15.4. The molecule has 3 aliphatic rings. The zero-order chi connectivity index (χ0) is 34.5. The third-order valence-electron chi connectivity index (χ3n) is 6.55. The molecule has 0 aliphatic carbocycles. The molecular weight excluding hydrogens is 641 g/mol. The summed E-state index contributed by atoms with van der Waals surface area (Å²) in [5.74, 6) is -8.27. The van der Waals surface area contributed by atoms with Crippen LogP contribution in [0.5, 0.6) is 0 Å². The lowest BCUT2D eigenvalue weighted by Gasteiger charge is -2.38. The van der Waals surface area contributed by atoms with Crippen LogP contribution in [0.3, 0.4) is 0 Å². The first-order chi connectivity index (χ1) is 20.7. The van der Waals surface area contributed by atoms with Crippen LogP contribution < -0.4 is 0 Å². The van der Waals surface area contributed by atoms with Crippen LogP contribution in [-0.2, 0) is 30.4 Å². The van der Waals surface area contributed by atoms with Gasteiger partial charge in [-0.3, -0.25) is 14.8 Å². The smallest absolute Gasteiger partial charge is 0.475 e. The van der Waals surface area contributed by atoms with E-state index >= 15 is 0 Å². The Labute approximate surface area is 250 Å². The summed E-state index contributed by atoms with van der Waals surface area (Å²) in [7, 11) is 0. The second-order valence-corrected chi connectivity index (χ2v) is 10.1. The minimum absolute atomic E-state index is 0.303. The molecule has 0 saturated carbocycles. The van der Waals surface area contributed by atoms with Crippen LogP contribution in [0.25, 0.3) is 0 Å². The Morgan fingerprint density at radius 1 is 0.822 bits per heavy atom. The summed E-state index contributed by atoms with van der Waals surface area (Å²) in [6.45, 7) is 9.20. The SMILES string of the molecule is O=C(O)C(F)(F)F.O=C(O)C(F)(F)F.O=C(O)C(F)(F)F.c1cncc(CN2CCC3(COCCN(C4CCOCC4)C3)C2)c1. The van der Waals surface area contributed by atoms with Crippen LogP contribution in [0, 0.1) is 5.41 Å². The molecule has 20 heteroatoms. The fraction of sp³-hybridized carbons (Fsp3) is 0.680. The molecule has 1 atom stereocenters. The first kappa shape index (κ1) is 39.8. The largest absolute Gasteiger partial charge is 0.490 e. The van der Waals surface area contributed by atoms with E-state index < -0.39 is 36.4 Å². The zero-order valence-corrected chi connectivity index (χ0v) is 23.5. The summed E-state index contributed by atoms with van der Waals surface area (Å²) in [5.41, 5.74) is 1.61. The number of carbonyl (C=O) groups is 3. The van der Waals surface area contributed by atoms with Gasteiger partial charge in [-0.05, 0) is 37.4 Å². The number of ether oxygens (including phenoxy) is 2. The van der Waals surface area contributed by atoms with Crippen molar-refractivity contribution in [3.05, 3.63) is 30.1 Å². The molecule has 1 unspecified atom stereocenters. The lowest BCUT2D eigenvalue weighted by molar-refractivity contribution is -0.193. The summed E-state index contributed by atoms with van der Waals surface area (Å²) in [6.07, 6.45) is -7.82. The van der Waals surface area contributed by atoms with Gasteiger partial charge in [0, 0.05) is 63.2 Å². The van der Waals surface area contributed by atoms with Crippen molar-refractivity contribution in [2.45, 2.75) is 50.4 Å². The summed E-state index contributed by atoms with van der Waals surface area (Å²) >= 11 is 0. The standard InChI is InChI=1S/C19H29N3O2.3C2HF3O2/c1-2-17(12-20-6-1)13-21-7-5-19(14-21)15-22(8-11-24-16-19)18-3-9-23-10-4-18;3*3-2(4,5)1(6)7/h1-2,6,12,18H,3-5,7-11,13-16H2;3*(H,6,7). The lowest BCUT2D eigenvalue weighted by atomic mass is 9.86. The molecule has 1 aromatic rings. The highest BCUT2D eigenvalue weighted by Gasteiger charge is 2.43. The number of aliphatic carboxylic acids is 3. The van der Waals surface area contributed by atoms with Gasteiger partial charge in [0.05, 0.1) is 13.2 Å². The maximum Gasteiger partial charge on any atom is 0.490 e. The van der Waals surface area contributed by atoms with Crippen molar-refractivity contribution < 1.29 is 78.7 Å². The van der Waals surface area contributed by atoms with Crippen molar-refractivity contribution in [2.75, 3.05) is 52.6 Å².